The number of phosphoric acid groups is 1. The second kappa shape index (κ2) is 6.70. The normalized spacial score (nSPS) is 17.5. The number of halogens is 2. The fourth-order valence-corrected chi connectivity index (χ4v) is 2.03. The quantitative estimate of drug-likeness (QED) is 0.400. The van der Waals surface area contributed by atoms with Crippen LogP contribution in [0.25, 0.3) is 0 Å². The summed E-state index contributed by atoms with van der Waals surface area (Å²) in [5.41, 5.74) is 0. The average molecular weight is 263 g/mol. The Morgan fingerprint density at radius 2 is 2.14 bits per heavy atom. The van der Waals surface area contributed by atoms with Crippen LogP contribution < -0.4 is 0 Å². The van der Waals surface area contributed by atoms with Crippen LogP contribution in [0.15, 0.2) is 12.8 Å². The van der Waals surface area contributed by atoms with Crippen LogP contribution in [0, 0.1) is 0 Å². The first-order valence-corrected chi connectivity index (χ1v) is 6.29. The third kappa shape index (κ3) is 5.23. The number of alkyl halides is 2. The van der Waals surface area contributed by atoms with Crippen molar-refractivity contribution in [2.75, 3.05) is 6.61 Å². The first-order valence-electron chi connectivity index (χ1n) is 3.95. The van der Waals surface area contributed by atoms with Crippen molar-refractivity contribution in [3.05, 3.63) is 12.8 Å². The van der Waals surface area contributed by atoms with E-state index >= 15 is 0 Å². The highest BCUT2D eigenvalue weighted by molar-refractivity contribution is 7.48. The lowest BCUT2D eigenvalue weighted by molar-refractivity contribution is 0.117. The van der Waals surface area contributed by atoms with Gasteiger partial charge in [-0.2, -0.15) is 0 Å². The van der Waals surface area contributed by atoms with Crippen LogP contribution in [0.3, 0.4) is 0 Å². The summed E-state index contributed by atoms with van der Waals surface area (Å²) in [5.74, 6) is 0. The molecule has 0 radical (unpaired) electrons. The lowest BCUT2D eigenvalue weighted by Gasteiger charge is -2.20. The van der Waals surface area contributed by atoms with Crippen LogP contribution in [0.4, 0.5) is 0 Å². The average Bonchev–Trinajstić information content (AvgIpc) is 2.04. The van der Waals surface area contributed by atoms with Crippen LogP contribution in [-0.4, -0.2) is 17.5 Å². The molecule has 0 amide bonds. The fourth-order valence-electron chi connectivity index (χ4n) is 0.585. The molecule has 0 aromatic heterocycles. The highest BCUT2D eigenvalue weighted by Gasteiger charge is 2.31. The van der Waals surface area contributed by atoms with Crippen molar-refractivity contribution < 1.29 is 18.1 Å². The maximum Gasteiger partial charge on any atom is 0.529 e. The molecule has 0 fully saturated rings. The minimum atomic E-state index is -3.62. The molecule has 0 heterocycles. The first-order chi connectivity index (χ1) is 6.45. The van der Waals surface area contributed by atoms with Gasteiger partial charge in [0.25, 0.3) is 0 Å². The van der Waals surface area contributed by atoms with Crippen LogP contribution in [0.5, 0.6) is 0 Å². The lowest BCUT2D eigenvalue weighted by Crippen LogP contribution is -2.15. The minimum Gasteiger partial charge on any atom is -0.413 e. The van der Waals surface area contributed by atoms with Crippen molar-refractivity contribution in [3.63, 3.8) is 0 Å². The highest BCUT2D eigenvalue weighted by Crippen LogP contribution is 2.51. The van der Waals surface area contributed by atoms with E-state index in [1.165, 1.54) is 0 Å². The van der Waals surface area contributed by atoms with E-state index < -0.39 is 18.8 Å². The molecule has 0 N–H and O–H groups in total. The van der Waals surface area contributed by atoms with E-state index in [1.54, 1.807) is 13.8 Å². The molecule has 7 heteroatoms. The summed E-state index contributed by atoms with van der Waals surface area (Å²) in [6, 6.07) is 0. The predicted octanol–water partition coefficient (Wildman–Crippen LogP) is 3.50. The van der Waals surface area contributed by atoms with Crippen LogP contribution in [0.1, 0.15) is 13.8 Å². The minimum absolute atomic E-state index is 0.188. The molecule has 0 aromatic carbocycles. The summed E-state index contributed by atoms with van der Waals surface area (Å²) >= 11 is 11.0. The summed E-state index contributed by atoms with van der Waals surface area (Å²) in [4.78, 5) is -0.808. The number of hydrogen-bond donors (Lipinski definition) is 0. The third-order valence-corrected chi connectivity index (χ3v) is 3.42. The summed E-state index contributed by atoms with van der Waals surface area (Å²) in [5, 5.41) is 0. The van der Waals surface area contributed by atoms with E-state index in [4.69, 9.17) is 32.2 Å². The molecule has 2 atom stereocenters. The van der Waals surface area contributed by atoms with Gasteiger partial charge >= 0.3 is 7.82 Å². The van der Waals surface area contributed by atoms with Gasteiger partial charge < -0.3 is 4.52 Å². The molecule has 0 spiro atoms. The van der Waals surface area contributed by atoms with E-state index in [2.05, 4.69) is 11.1 Å². The van der Waals surface area contributed by atoms with Gasteiger partial charge in [-0.15, -0.1) is 23.2 Å². The van der Waals surface area contributed by atoms with Crippen LogP contribution in [0.2, 0.25) is 0 Å². The molecular weight excluding hydrogens is 250 g/mol. The van der Waals surface area contributed by atoms with Crippen molar-refractivity contribution in [2.45, 2.75) is 24.8 Å². The molecule has 0 saturated heterocycles. The fraction of sp³-hybridized carbons (Fsp3) is 0.714. The standard InChI is InChI=1S/C7H13Cl2O4P/c1-4-11-14(10,12-5-2)13-6(3)7(8)9/h4,6-7H,1,5H2,2-3H3. The zero-order chi connectivity index (χ0) is 11.2. The molecule has 14 heavy (non-hydrogen) atoms. The van der Waals surface area contributed by atoms with Crippen LogP contribution in [-0.2, 0) is 18.1 Å². The Kier molecular flexibility index (Phi) is 6.83. The van der Waals surface area contributed by atoms with Crippen molar-refractivity contribution in [1.29, 1.82) is 0 Å². The Bertz CT molecular complexity index is 222. The van der Waals surface area contributed by atoms with E-state index in [0.29, 0.717) is 0 Å². The molecule has 0 aliphatic rings. The van der Waals surface area contributed by atoms with Gasteiger partial charge in [0.2, 0.25) is 0 Å². The smallest absolute Gasteiger partial charge is 0.413 e. The monoisotopic (exact) mass is 262 g/mol. The van der Waals surface area contributed by atoms with Crippen LogP contribution >= 0.6 is 31.0 Å². The second-order valence-electron chi connectivity index (χ2n) is 2.28. The molecule has 0 rings (SSSR count). The van der Waals surface area contributed by atoms with E-state index in [0.717, 1.165) is 6.26 Å². The molecule has 0 bridgehead atoms. The maximum absolute atomic E-state index is 11.7. The zero-order valence-electron chi connectivity index (χ0n) is 7.98. The molecule has 0 aliphatic heterocycles. The van der Waals surface area contributed by atoms with Crippen molar-refractivity contribution in [1.82, 2.24) is 0 Å². The Labute approximate surface area is 93.7 Å². The largest absolute Gasteiger partial charge is 0.529 e. The second-order valence-corrected chi connectivity index (χ2v) is 5.02. The third-order valence-electron chi connectivity index (χ3n) is 1.14. The van der Waals surface area contributed by atoms with Gasteiger partial charge in [-0.3, -0.25) is 9.05 Å². The van der Waals surface area contributed by atoms with Crippen molar-refractivity contribution in [2.24, 2.45) is 0 Å². The van der Waals surface area contributed by atoms with Gasteiger partial charge in [0, 0.05) is 0 Å². The van der Waals surface area contributed by atoms with E-state index in [9.17, 15) is 4.57 Å². The molecular formula is C7H13Cl2O4P. The summed E-state index contributed by atoms with van der Waals surface area (Å²) in [6.07, 6.45) is 0.330. The van der Waals surface area contributed by atoms with Gasteiger partial charge in [0.05, 0.1) is 19.0 Å². The molecule has 84 valence electrons. The Balaban J connectivity index is 4.35. The van der Waals surface area contributed by atoms with Gasteiger partial charge in [0.15, 0.2) is 0 Å². The molecule has 0 aliphatic carbocycles. The summed E-state index contributed by atoms with van der Waals surface area (Å²) < 4.78 is 26.1. The highest BCUT2D eigenvalue weighted by atomic mass is 35.5. The Morgan fingerprint density at radius 3 is 2.50 bits per heavy atom. The van der Waals surface area contributed by atoms with Gasteiger partial charge in [-0.05, 0) is 13.8 Å². The SMILES string of the molecule is C=COP(=O)(OCC)OC(C)C(Cl)Cl. The first kappa shape index (κ1) is 14.3. The Morgan fingerprint density at radius 1 is 1.57 bits per heavy atom. The summed E-state index contributed by atoms with van der Waals surface area (Å²) in [7, 11) is -3.62. The Hall–Kier alpha value is 0.270. The molecule has 2 unspecified atom stereocenters. The van der Waals surface area contributed by atoms with Gasteiger partial charge in [-0.1, -0.05) is 6.58 Å². The zero-order valence-corrected chi connectivity index (χ0v) is 10.4. The lowest BCUT2D eigenvalue weighted by atomic mass is 10.5. The summed E-state index contributed by atoms with van der Waals surface area (Å²) in [6.45, 7) is 6.66. The number of hydrogen-bond acceptors (Lipinski definition) is 4. The number of rotatable bonds is 7. The predicted molar refractivity (Wildman–Crippen MR) is 56.6 cm³/mol. The number of phosphoric ester groups is 1. The van der Waals surface area contributed by atoms with E-state index in [-0.39, 0.29) is 6.61 Å². The molecule has 0 saturated carbocycles. The maximum atomic E-state index is 11.7. The van der Waals surface area contributed by atoms with E-state index in [1.807, 2.05) is 0 Å². The topological polar surface area (TPSA) is 44.8 Å². The molecule has 0 aromatic rings. The molecule has 4 nitrogen and oxygen atoms in total. The van der Waals surface area contributed by atoms with Crippen molar-refractivity contribution in [3.8, 4) is 0 Å². The van der Waals surface area contributed by atoms with Gasteiger partial charge in [-0.25, -0.2) is 4.57 Å². The van der Waals surface area contributed by atoms with Gasteiger partial charge in [0.1, 0.15) is 4.84 Å². The van der Waals surface area contributed by atoms with Crippen molar-refractivity contribution >= 4 is 31.0 Å².